The highest BCUT2D eigenvalue weighted by atomic mass is 16.5. The molecule has 0 bridgehead atoms. The molecule has 1 heterocycles. The quantitative estimate of drug-likeness (QED) is 0.142. The van der Waals surface area contributed by atoms with Crippen molar-refractivity contribution in [3.63, 3.8) is 0 Å². The normalized spacial score (nSPS) is 18.1. The van der Waals surface area contributed by atoms with Crippen LogP contribution < -0.4 is 15.5 Å². The molecule has 3 unspecified atom stereocenters. The molecule has 3 atom stereocenters. The second-order valence-electron chi connectivity index (χ2n) is 10.7. The molecule has 0 spiro atoms. The van der Waals surface area contributed by atoms with Crippen LogP contribution in [0.1, 0.15) is 28.8 Å². The number of pyridine rings is 1. The minimum absolute atomic E-state index is 0.233. The van der Waals surface area contributed by atoms with E-state index in [9.17, 15) is 19.6 Å². The number of fused-ring (bicyclic) bond motifs is 1. The lowest BCUT2D eigenvalue weighted by molar-refractivity contribution is -0.146. The van der Waals surface area contributed by atoms with E-state index >= 15 is 0 Å². The van der Waals surface area contributed by atoms with Gasteiger partial charge in [0.25, 0.3) is 0 Å². The highest BCUT2D eigenvalue weighted by Crippen LogP contribution is 2.55. The Kier molecular flexibility index (Phi) is 8.49. The lowest BCUT2D eigenvalue weighted by Crippen LogP contribution is -2.47. The van der Waals surface area contributed by atoms with Gasteiger partial charge < -0.3 is 14.8 Å². The van der Waals surface area contributed by atoms with E-state index < -0.39 is 35.2 Å². The highest BCUT2D eigenvalue weighted by Gasteiger charge is 2.63. The average molecular weight is 568 g/mol. The summed E-state index contributed by atoms with van der Waals surface area (Å²) in [6.07, 6.45) is 0.715. The summed E-state index contributed by atoms with van der Waals surface area (Å²) in [5, 5.41) is 13.1. The van der Waals surface area contributed by atoms with Crippen molar-refractivity contribution >= 4 is 28.7 Å². The molecule has 5 rings (SSSR count). The molecule has 42 heavy (non-hydrogen) atoms. The van der Waals surface area contributed by atoms with Crippen LogP contribution in [-0.2, 0) is 38.6 Å². The summed E-state index contributed by atoms with van der Waals surface area (Å²) in [6, 6.07) is 25.7. The third kappa shape index (κ3) is 6.26. The molecule has 9 nitrogen and oxygen atoms in total. The van der Waals surface area contributed by atoms with Crippen LogP contribution in [0.4, 0.5) is 0 Å². The predicted octanol–water partition coefficient (Wildman–Crippen LogP) is 4.08. The molecule has 4 aromatic rings. The Morgan fingerprint density at radius 2 is 1.71 bits per heavy atom. The third-order valence-corrected chi connectivity index (χ3v) is 7.80. The largest absolute Gasteiger partial charge is 0.489 e. The summed E-state index contributed by atoms with van der Waals surface area (Å²) in [6.45, 7) is 2.32. The van der Waals surface area contributed by atoms with Crippen LogP contribution in [0.2, 0.25) is 0 Å². The van der Waals surface area contributed by atoms with Crippen molar-refractivity contribution in [3.05, 3.63) is 107 Å². The van der Waals surface area contributed by atoms with E-state index in [2.05, 4.69) is 10.3 Å². The number of carbonyl (C=O) groups excluding carboxylic acids is 3. The molecular weight excluding hydrogens is 534 g/mol. The van der Waals surface area contributed by atoms with Crippen LogP contribution in [0.3, 0.4) is 0 Å². The molecule has 1 aromatic heterocycles. The maximum atomic E-state index is 13.6. The topological polar surface area (TPSA) is 127 Å². The average Bonchev–Trinajstić information content (AvgIpc) is 3.75. The fraction of sp³-hybridized carbons (Fsp3) is 0.273. The van der Waals surface area contributed by atoms with Gasteiger partial charge in [-0.2, -0.15) is 0 Å². The Morgan fingerprint density at radius 3 is 2.43 bits per heavy atom. The van der Waals surface area contributed by atoms with Gasteiger partial charge >= 0.3 is 5.97 Å². The minimum Gasteiger partial charge on any atom is -0.489 e. The number of benzene rings is 3. The van der Waals surface area contributed by atoms with Gasteiger partial charge in [-0.25, -0.2) is 10.3 Å². The Balaban J connectivity index is 1.30. The number of nitrogens with zero attached hydrogens (tertiary/aromatic N) is 1. The Hall–Kier alpha value is -4.76. The summed E-state index contributed by atoms with van der Waals surface area (Å²) >= 11 is 0. The first kappa shape index (κ1) is 28.8. The Morgan fingerprint density at radius 1 is 1.00 bits per heavy atom. The number of ether oxygens (including phenoxy) is 2. The summed E-state index contributed by atoms with van der Waals surface area (Å²) in [5.41, 5.74) is 5.08. The first-order chi connectivity index (χ1) is 20.3. The van der Waals surface area contributed by atoms with Crippen LogP contribution >= 0.6 is 0 Å². The lowest BCUT2D eigenvalue weighted by atomic mass is 9.91. The molecule has 3 aromatic carbocycles. The monoisotopic (exact) mass is 567 g/mol. The van der Waals surface area contributed by atoms with E-state index in [0.29, 0.717) is 12.4 Å². The Labute approximate surface area is 243 Å². The fourth-order valence-electron chi connectivity index (χ4n) is 5.48. The van der Waals surface area contributed by atoms with Gasteiger partial charge in [0.15, 0.2) is 0 Å². The number of esters is 1. The van der Waals surface area contributed by atoms with E-state index in [0.717, 1.165) is 33.3 Å². The summed E-state index contributed by atoms with van der Waals surface area (Å²) in [5.74, 6) is -1.74. The van der Waals surface area contributed by atoms with Crippen LogP contribution in [-0.4, -0.2) is 41.1 Å². The summed E-state index contributed by atoms with van der Waals surface area (Å²) < 4.78 is 11.0. The molecule has 3 N–H and O–H groups in total. The zero-order valence-electron chi connectivity index (χ0n) is 23.5. The van der Waals surface area contributed by atoms with Gasteiger partial charge in [0, 0.05) is 23.1 Å². The standard InChI is InChI=1S/C33H33N3O6/c1-21-16-24(26-10-6-7-11-28(26)34-21)20-42-25-14-12-23(13-15-25)18-33(19-27(33)30(37)36-40)32(39)35-29(31(38)41-2)17-22-8-4-3-5-9-22/h3-16,27,29,40H,17-20H2,1-2H3,(H,35,39)(H,36,37). The molecule has 0 radical (unpaired) electrons. The van der Waals surface area contributed by atoms with Crippen molar-refractivity contribution in [1.29, 1.82) is 0 Å². The van der Waals surface area contributed by atoms with Crippen LogP contribution in [0.5, 0.6) is 5.75 Å². The van der Waals surface area contributed by atoms with Gasteiger partial charge in [-0.3, -0.25) is 19.8 Å². The van der Waals surface area contributed by atoms with Crippen LogP contribution in [0.25, 0.3) is 10.9 Å². The van der Waals surface area contributed by atoms with Crippen molar-refractivity contribution in [2.24, 2.45) is 11.3 Å². The zero-order valence-corrected chi connectivity index (χ0v) is 23.5. The van der Waals surface area contributed by atoms with Crippen LogP contribution in [0.15, 0.2) is 84.9 Å². The van der Waals surface area contributed by atoms with Crippen molar-refractivity contribution < 1.29 is 29.1 Å². The van der Waals surface area contributed by atoms with Gasteiger partial charge in [0.05, 0.1) is 24.0 Å². The maximum Gasteiger partial charge on any atom is 0.328 e. The number of aryl methyl sites for hydroxylation is 1. The second kappa shape index (κ2) is 12.4. The number of hydrogen-bond acceptors (Lipinski definition) is 7. The van der Waals surface area contributed by atoms with Crippen molar-refractivity contribution in [1.82, 2.24) is 15.8 Å². The number of aromatic nitrogens is 1. The van der Waals surface area contributed by atoms with E-state index in [1.807, 2.05) is 91.9 Å². The number of amides is 2. The molecule has 1 fully saturated rings. The first-order valence-electron chi connectivity index (χ1n) is 13.8. The van der Waals surface area contributed by atoms with E-state index in [1.165, 1.54) is 7.11 Å². The molecule has 1 aliphatic carbocycles. The molecule has 9 heteroatoms. The smallest absolute Gasteiger partial charge is 0.328 e. The van der Waals surface area contributed by atoms with E-state index in [1.54, 1.807) is 5.48 Å². The SMILES string of the molecule is COC(=O)C(Cc1ccccc1)NC(=O)C1(Cc2ccc(OCc3cc(C)nc4ccccc34)cc2)CC1C(=O)NO. The first-order valence-corrected chi connectivity index (χ1v) is 13.8. The van der Waals surface area contributed by atoms with Gasteiger partial charge in [0.2, 0.25) is 11.8 Å². The molecule has 216 valence electrons. The van der Waals surface area contributed by atoms with Gasteiger partial charge in [-0.15, -0.1) is 0 Å². The predicted molar refractivity (Wildman–Crippen MR) is 156 cm³/mol. The lowest BCUT2D eigenvalue weighted by Gasteiger charge is -2.22. The summed E-state index contributed by atoms with van der Waals surface area (Å²) in [4.78, 5) is 43.1. The van der Waals surface area contributed by atoms with Crippen molar-refractivity contribution in [2.75, 3.05) is 7.11 Å². The van der Waals surface area contributed by atoms with Gasteiger partial charge in [-0.1, -0.05) is 60.7 Å². The van der Waals surface area contributed by atoms with Gasteiger partial charge in [0.1, 0.15) is 18.4 Å². The second-order valence-corrected chi connectivity index (χ2v) is 10.7. The van der Waals surface area contributed by atoms with Crippen molar-refractivity contribution in [3.8, 4) is 5.75 Å². The van der Waals surface area contributed by atoms with Crippen LogP contribution in [0, 0.1) is 18.3 Å². The maximum absolute atomic E-state index is 13.6. The number of methoxy groups -OCH3 is 1. The molecule has 2 amide bonds. The number of carbonyl (C=O) groups is 3. The minimum atomic E-state index is -1.12. The van der Waals surface area contributed by atoms with E-state index in [4.69, 9.17) is 9.47 Å². The fourth-order valence-corrected chi connectivity index (χ4v) is 5.48. The molecule has 0 saturated heterocycles. The Bertz CT molecular complexity index is 1590. The number of para-hydroxylation sites is 1. The summed E-state index contributed by atoms with van der Waals surface area (Å²) in [7, 11) is 1.27. The number of hydrogen-bond donors (Lipinski definition) is 3. The third-order valence-electron chi connectivity index (χ3n) is 7.80. The van der Waals surface area contributed by atoms with E-state index in [-0.39, 0.29) is 19.3 Å². The zero-order chi connectivity index (χ0) is 29.7. The molecular formula is C33H33N3O6. The number of hydroxylamine groups is 1. The van der Waals surface area contributed by atoms with Gasteiger partial charge in [-0.05, 0) is 55.2 Å². The molecule has 0 aliphatic heterocycles. The number of nitrogens with one attached hydrogen (secondary N) is 2. The van der Waals surface area contributed by atoms with Crippen molar-refractivity contribution in [2.45, 2.75) is 38.8 Å². The molecule has 1 aliphatic rings. The highest BCUT2D eigenvalue weighted by molar-refractivity contribution is 5.97. The number of rotatable bonds is 11. The molecule has 1 saturated carbocycles.